The lowest BCUT2D eigenvalue weighted by atomic mass is 9.84. The van der Waals surface area contributed by atoms with Gasteiger partial charge in [-0.25, -0.2) is 9.59 Å². The summed E-state index contributed by atoms with van der Waals surface area (Å²) in [6, 6.07) is 0. The highest BCUT2D eigenvalue weighted by molar-refractivity contribution is 5.86. The second-order valence-electron chi connectivity index (χ2n) is 4.86. The Hall–Kier alpha value is -1.52. The van der Waals surface area contributed by atoms with Crippen LogP contribution in [0.4, 0.5) is 4.79 Å². The lowest BCUT2D eigenvalue weighted by Gasteiger charge is -2.31. The summed E-state index contributed by atoms with van der Waals surface area (Å²) in [4.78, 5) is 23.0. The maximum atomic E-state index is 11.5. The summed E-state index contributed by atoms with van der Waals surface area (Å²) in [5.74, 6) is -0.942. The van der Waals surface area contributed by atoms with Gasteiger partial charge < -0.3 is 15.2 Å². The van der Waals surface area contributed by atoms with E-state index in [-0.39, 0.29) is 12.0 Å². The average Bonchev–Trinajstić information content (AvgIpc) is 2.96. The van der Waals surface area contributed by atoms with Crippen molar-refractivity contribution in [2.24, 2.45) is 5.41 Å². The number of carbonyl (C=O) groups excluding carboxylic acids is 1. The summed E-state index contributed by atoms with van der Waals surface area (Å²) in [5.41, 5.74) is -1.35. The van der Waals surface area contributed by atoms with Gasteiger partial charge in [0.05, 0.1) is 0 Å². The van der Waals surface area contributed by atoms with E-state index in [1.54, 1.807) is 0 Å². The van der Waals surface area contributed by atoms with Crippen molar-refractivity contribution in [3.05, 3.63) is 12.7 Å². The van der Waals surface area contributed by atoms with Gasteiger partial charge in [-0.15, -0.1) is 0 Å². The summed E-state index contributed by atoms with van der Waals surface area (Å²) in [6.07, 6.45) is 4.75. The normalized spacial score (nSPS) is 28.7. The van der Waals surface area contributed by atoms with E-state index >= 15 is 0 Å². The first-order chi connectivity index (χ1) is 8.06. The lowest BCUT2D eigenvalue weighted by Crippen LogP contribution is -2.58. The van der Waals surface area contributed by atoms with Crippen LogP contribution in [-0.2, 0) is 9.53 Å². The molecule has 0 radical (unpaired) electrons. The van der Waals surface area contributed by atoms with E-state index in [0.29, 0.717) is 6.42 Å². The molecule has 1 amide bonds. The van der Waals surface area contributed by atoms with E-state index in [4.69, 9.17) is 4.74 Å². The van der Waals surface area contributed by atoms with Crippen LogP contribution >= 0.6 is 0 Å². The molecule has 0 aromatic rings. The third kappa shape index (κ3) is 1.79. The molecule has 2 fully saturated rings. The highest BCUT2D eigenvalue weighted by Gasteiger charge is 2.66. The average molecular weight is 239 g/mol. The molecule has 2 N–H and O–H groups in total. The molecular formula is C12H17NO4. The Kier molecular flexibility index (Phi) is 2.85. The summed E-state index contributed by atoms with van der Waals surface area (Å²) < 4.78 is 4.82. The van der Waals surface area contributed by atoms with Crippen molar-refractivity contribution in [1.29, 1.82) is 0 Å². The number of nitrogens with one attached hydrogen (secondary N) is 1. The molecule has 0 aromatic heterocycles. The van der Waals surface area contributed by atoms with Crippen LogP contribution in [0.15, 0.2) is 12.7 Å². The lowest BCUT2D eigenvalue weighted by molar-refractivity contribution is -0.147. The van der Waals surface area contributed by atoms with Gasteiger partial charge in [-0.05, 0) is 32.1 Å². The minimum absolute atomic E-state index is 0.0918. The van der Waals surface area contributed by atoms with Crippen molar-refractivity contribution < 1.29 is 19.4 Å². The molecule has 0 aliphatic heterocycles. The van der Waals surface area contributed by atoms with Crippen molar-refractivity contribution in [3.63, 3.8) is 0 Å². The van der Waals surface area contributed by atoms with Gasteiger partial charge in [0.15, 0.2) is 0 Å². The maximum absolute atomic E-state index is 11.5. The predicted molar refractivity (Wildman–Crippen MR) is 60.6 cm³/mol. The second-order valence-corrected chi connectivity index (χ2v) is 4.86. The van der Waals surface area contributed by atoms with Gasteiger partial charge in [-0.2, -0.15) is 0 Å². The van der Waals surface area contributed by atoms with Crippen molar-refractivity contribution >= 4 is 12.1 Å². The van der Waals surface area contributed by atoms with E-state index in [2.05, 4.69) is 11.9 Å². The number of aliphatic carboxylic acids is 1. The van der Waals surface area contributed by atoms with Crippen LogP contribution in [-0.4, -0.2) is 29.3 Å². The molecule has 2 aliphatic rings. The van der Waals surface area contributed by atoms with Gasteiger partial charge in [0.1, 0.15) is 12.1 Å². The van der Waals surface area contributed by atoms with Gasteiger partial charge in [0.2, 0.25) is 0 Å². The molecule has 1 spiro atoms. The first kappa shape index (κ1) is 12.0. The number of ether oxygens (including phenoxy) is 1. The Balaban J connectivity index is 2.10. The molecular weight excluding hydrogens is 222 g/mol. The zero-order valence-corrected chi connectivity index (χ0v) is 9.70. The summed E-state index contributed by atoms with van der Waals surface area (Å²) in [6.45, 7) is 3.53. The van der Waals surface area contributed by atoms with E-state index < -0.39 is 17.6 Å². The van der Waals surface area contributed by atoms with E-state index in [1.807, 2.05) is 0 Å². The van der Waals surface area contributed by atoms with Gasteiger partial charge in [0.25, 0.3) is 0 Å². The van der Waals surface area contributed by atoms with Gasteiger partial charge in [-0.3, -0.25) is 0 Å². The molecule has 5 heteroatoms. The van der Waals surface area contributed by atoms with Crippen molar-refractivity contribution in [2.75, 3.05) is 6.61 Å². The Bertz CT molecular complexity index is 362. The van der Waals surface area contributed by atoms with Crippen LogP contribution in [0, 0.1) is 5.41 Å². The van der Waals surface area contributed by atoms with Crippen LogP contribution in [0.3, 0.4) is 0 Å². The second kappa shape index (κ2) is 4.05. The third-order valence-corrected chi connectivity index (χ3v) is 3.98. The van der Waals surface area contributed by atoms with Crippen molar-refractivity contribution in [2.45, 2.75) is 37.6 Å². The predicted octanol–water partition coefficient (Wildman–Crippen LogP) is 1.69. The first-order valence-electron chi connectivity index (χ1n) is 5.86. The molecule has 17 heavy (non-hydrogen) atoms. The Morgan fingerprint density at radius 2 is 2.06 bits per heavy atom. The van der Waals surface area contributed by atoms with Crippen molar-refractivity contribution in [1.82, 2.24) is 5.32 Å². The Labute approximate surface area is 99.8 Å². The largest absolute Gasteiger partial charge is 0.479 e. The molecule has 5 nitrogen and oxygen atoms in total. The van der Waals surface area contributed by atoms with E-state index in [9.17, 15) is 14.7 Å². The zero-order chi connectivity index (χ0) is 12.5. The molecule has 1 atom stereocenters. The van der Waals surface area contributed by atoms with Gasteiger partial charge >= 0.3 is 12.1 Å². The molecule has 0 aromatic carbocycles. The number of rotatable bonds is 4. The summed E-state index contributed by atoms with van der Waals surface area (Å²) in [7, 11) is 0. The maximum Gasteiger partial charge on any atom is 0.408 e. The van der Waals surface area contributed by atoms with Gasteiger partial charge in [0, 0.05) is 5.41 Å². The molecule has 2 saturated carbocycles. The molecule has 2 rings (SSSR count). The number of amides is 1. The highest BCUT2D eigenvalue weighted by Crippen LogP contribution is 2.63. The minimum Gasteiger partial charge on any atom is -0.479 e. The topological polar surface area (TPSA) is 75.6 Å². The molecule has 94 valence electrons. The quantitative estimate of drug-likeness (QED) is 0.732. The number of carbonyl (C=O) groups is 2. The Morgan fingerprint density at radius 3 is 2.59 bits per heavy atom. The fourth-order valence-corrected chi connectivity index (χ4v) is 2.93. The van der Waals surface area contributed by atoms with Crippen molar-refractivity contribution in [3.8, 4) is 0 Å². The standard InChI is InChI=1S/C12H17NO4/c1-2-8-17-10(16)13-12(9(14)15)5-3-4-11(12)6-7-11/h2H,1,3-8H2,(H,13,16)(H,14,15). The first-order valence-corrected chi connectivity index (χ1v) is 5.86. The highest BCUT2D eigenvalue weighted by atomic mass is 16.5. The minimum atomic E-state index is -1.12. The smallest absolute Gasteiger partial charge is 0.408 e. The number of carboxylic acid groups (broad SMARTS) is 1. The van der Waals surface area contributed by atoms with E-state index in [1.165, 1.54) is 6.08 Å². The summed E-state index contributed by atoms with van der Waals surface area (Å²) >= 11 is 0. The third-order valence-electron chi connectivity index (χ3n) is 3.98. The zero-order valence-electron chi connectivity index (χ0n) is 9.70. The molecule has 1 unspecified atom stereocenters. The number of hydrogen-bond acceptors (Lipinski definition) is 3. The monoisotopic (exact) mass is 239 g/mol. The van der Waals surface area contributed by atoms with Crippen LogP contribution in [0.2, 0.25) is 0 Å². The fourth-order valence-electron chi connectivity index (χ4n) is 2.93. The Morgan fingerprint density at radius 1 is 1.35 bits per heavy atom. The molecule has 2 aliphatic carbocycles. The van der Waals surface area contributed by atoms with Crippen LogP contribution in [0.1, 0.15) is 32.1 Å². The number of carboxylic acids is 1. The molecule has 0 heterocycles. The SMILES string of the molecule is C=CCOC(=O)NC1(C(=O)O)CCCC12CC2. The van der Waals surface area contributed by atoms with Crippen LogP contribution in [0.25, 0.3) is 0 Å². The van der Waals surface area contributed by atoms with Crippen LogP contribution < -0.4 is 5.32 Å². The van der Waals surface area contributed by atoms with Crippen LogP contribution in [0.5, 0.6) is 0 Å². The number of hydrogen-bond donors (Lipinski definition) is 2. The fraction of sp³-hybridized carbons (Fsp3) is 0.667. The number of alkyl carbamates (subject to hydrolysis) is 1. The molecule has 0 bridgehead atoms. The van der Waals surface area contributed by atoms with Gasteiger partial charge in [-0.1, -0.05) is 12.7 Å². The van der Waals surface area contributed by atoms with E-state index in [0.717, 1.165) is 25.7 Å². The molecule has 0 saturated heterocycles. The summed E-state index contributed by atoms with van der Waals surface area (Å²) in [5, 5.41) is 12.0.